The van der Waals surface area contributed by atoms with Gasteiger partial charge in [0.2, 0.25) is 0 Å². The van der Waals surface area contributed by atoms with Gasteiger partial charge in [0.15, 0.2) is 5.78 Å². The molecule has 194 valence electrons. The molecule has 0 unspecified atom stereocenters. The highest BCUT2D eigenvalue weighted by Crippen LogP contribution is 2.69. The summed E-state index contributed by atoms with van der Waals surface area (Å²) < 4.78 is 5.78. The van der Waals surface area contributed by atoms with Crippen molar-refractivity contribution in [3.63, 3.8) is 0 Å². The molecule has 5 atom stereocenters. The average molecular weight is 481 g/mol. The molecular formula is C32H48O3. The molecule has 3 aliphatic rings. The fourth-order valence-corrected chi connectivity index (χ4v) is 8.08. The van der Waals surface area contributed by atoms with Crippen molar-refractivity contribution in [2.45, 2.75) is 113 Å². The third-order valence-electron chi connectivity index (χ3n) is 9.75. The Balaban J connectivity index is 1.85. The third-order valence-corrected chi connectivity index (χ3v) is 9.75. The summed E-state index contributed by atoms with van der Waals surface area (Å²) in [5.41, 5.74) is 4.83. The summed E-state index contributed by atoms with van der Waals surface area (Å²) >= 11 is 0. The van der Waals surface area contributed by atoms with Gasteiger partial charge in [-0.25, -0.2) is 0 Å². The molecule has 0 saturated heterocycles. The maximum absolute atomic E-state index is 13.5. The van der Waals surface area contributed by atoms with Crippen LogP contribution in [0.4, 0.5) is 0 Å². The first-order valence-electron chi connectivity index (χ1n) is 13.6. The number of fused-ring (bicyclic) bond motifs is 3. The van der Waals surface area contributed by atoms with Gasteiger partial charge in [-0.15, -0.1) is 0 Å². The Morgan fingerprint density at radius 2 is 1.69 bits per heavy atom. The van der Waals surface area contributed by atoms with E-state index >= 15 is 0 Å². The number of ether oxygens (including phenoxy) is 1. The van der Waals surface area contributed by atoms with E-state index in [1.54, 1.807) is 0 Å². The molecule has 3 nitrogen and oxygen atoms in total. The van der Waals surface area contributed by atoms with Gasteiger partial charge in [0.25, 0.3) is 0 Å². The Bertz CT molecular complexity index is 971. The highest BCUT2D eigenvalue weighted by atomic mass is 16.5. The fraction of sp³-hybridized carbons (Fsp3) is 0.688. The van der Waals surface area contributed by atoms with Crippen LogP contribution in [0.25, 0.3) is 0 Å². The molecule has 0 spiro atoms. The number of hydrogen-bond acceptors (Lipinski definition) is 3. The molecule has 0 amide bonds. The minimum Gasteiger partial charge on any atom is -0.462 e. The Hall–Kier alpha value is -1.90. The predicted octanol–water partition coefficient (Wildman–Crippen LogP) is 8.32. The van der Waals surface area contributed by atoms with E-state index in [9.17, 15) is 9.59 Å². The topological polar surface area (TPSA) is 43.4 Å². The van der Waals surface area contributed by atoms with Gasteiger partial charge < -0.3 is 4.74 Å². The van der Waals surface area contributed by atoms with Gasteiger partial charge in [0.1, 0.15) is 6.10 Å². The quantitative estimate of drug-likeness (QED) is 0.166. The molecule has 0 heterocycles. The van der Waals surface area contributed by atoms with Gasteiger partial charge in [-0.05, 0) is 89.0 Å². The normalized spacial score (nSPS) is 36.0. The van der Waals surface area contributed by atoms with Crippen LogP contribution in [0.5, 0.6) is 0 Å². The number of allylic oxidation sites excluding steroid dienone is 8. The standard InChI is InChI=1S/C32H48O3/c1-21(2)12-10-13-22(3)14-11-15-23(4)29-25(34)20-27-31(8)19-17-28(35-24(5)33)30(6,7)26(31)16-18-32(27,29)9/h11-12,14-15,26-28H,10,13,16-20H2,1-9H3/b15-11+,22-14+,29-23+/t26-,27-,28-,31-,32-/m0/s1. The second-order valence-electron chi connectivity index (χ2n) is 12.9. The Kier molecular flexibility index (Phi) is 8.09. The lowest BCUT2D eigenvalue weighted by Gasteiger charge is -2.62. The van der Waals surface area contributed by atoms with Gasteiger partial charge >= 0.3 is 5.97 Å². The zero-order valence-corrected chi connectivity index (χ0v) is 23.7. The van der Waals surface area contributed by atoms with Crippen molar-refractivity contribution in [2.75, 3.05) is 0 Å². The maximum atomic E-state index is 13.5. The van der Waals surface area contributed by atoms with E-state index in [2.05, 4.69) is 79.7 Å². The number of ketones is 1. The van der Waals surface area contributed by atoms with Crippen molar-refractivity contribution in [1.29, 1.82) is 0 Å². The second-order valence-corrected chi connectivity index (χ2v) is 12.9. The van der Waals surface area contributed by atoms with E-state index in [-0.39, 0.29) is 28.3 Å². The van der Waals surface area contributed by atoms with Crippen molar-refractivity contribution in [1.82, 2.24) is 0 Å². The van der Waals surface area contributed by atoms with Crippen LogP contribution in [0.1, 0.15) is 107 Å². The molecule has 0 radical (unpaired) electrons. The summed E-state index contributed by atoms with van der Waals surface area (Å²) in [4.78, 5) is 25.2. The van der Waals surface area contributed by atoms with E-state index in [1.807, 2.05) is 0 Å². The van der Waals surface area contributed by atoms with Crippen LogP contribution in [0.15, 0.2) is 46.6 Å². The van der Waals surface area contributed by atoms with Crippen molar-refractivity contribution in [3.8, 4) is 0 Å². The number of carbonyl (C=O) groups is 2. The minimum absolute atomic E-state index is 0.0361. The van der Waals surface area contributed by atoms with E-state index in [0.717, 1.165) is 49.7 Å². The molecular weight excluding hydrogens is 432 g/mol. The lowest BCUT2D eigenvalue weighted by molar-refractivity contribution is -0.185. The third kappa shape index (κ3) is 5.30. The number of carbonyl (C=O) groups excluding carboxylic acids is 2. The van der Waals surface area contributed by atoms with Crippen LogP contribution in [0.3, 0.4) is 0 Å². The van der Waals surface area contributed by atoms with E-state index in [0.29, 0.717) is 24.0 Å². The van der Waals surface area contributed by atoms with Crippen molar-refractivity contribution in [3.05, 3.63) is 46.6 Å². The van der Waals surface area contributed by atoms with Gasteiger partial charge in [0.05, 0.1) is 0 Å². The molecule has 3 aliphatic carbocycles. The first-order chi connectivity index (χ1) is 16.2. The highest BCUT2D eigenvalue weighted by Gasteiger charge is 2.65. The molecule has 3 saturated carbocycles. The van der Waals surface area contributed by atoms with Crippen LogP contribution in [0.2, 0.25) is 0 Å². The smallest absolute Gasteiger partial charge is 0.302 e. The van der Waals surface area contributed by atoms with Gasteiger partial charge in [-0.3, -0.25) is 9.59 Å². The number of Topliss-reactive ketones (excluding diaryl/α,β-unsaturated/α-hetero) is 1. The Labute approximate surface area is 214 Å². The molecule has 0 aromatic carbocycles. The highest BCUT2D eigenvalue weighted by molar-refractivity contribution is 6.00. The van der Waals surface area contributed by atoms with Crippen LogP contribution >= 0.6 is 0 Å². The van der Waals surface area contributed by atoms with Crippen molar-refractivity contribution >= 4 is 11.8 Å². The molecule has 3 rings (SSSR count). The fourth-order valence-electron chi connectivity index (χ4n) is 8.08. The predicted molar refractivity (Wildman–Crippen MR) is 145 cm³/mol. The van der Waals surface area contributed by atoms with Crippen molar-refractivity contribution in [2.24, 2.45) is 28.1 Å². The summed E-state index contributed by atoms with van der Waals surface area (Å²) in [6, 6.07) is 0. The molecule has 0 bridgehead atoms. The molecule has 0 N–H and O–H groups in total. The molecule has 35 heavy (non-hydrogen) atoms. The zero-order chi connectivity index (χ0) is 26.2. The molecule has 0 aromatic heterocycles. The van der Waals surface area contributed by atoms with Crippen molar-refractivity contribution < 1.29 is 14.3 Å². The summed E-state index contributed by atoms with van der Waals surface area (Å²) in [7, 11) is 0. The van der Waals surface area contributed by atoms with Crippen LogP contribution < -0.4 is 0 Å². The SMILES string of the molecule is CC(=O)O[C@H]1CC[C@@]2(C)[C@@H](CC[C@]3(C)/C(=C(C)/C=C/C=C(\C)CCC=C(C)C)C(=O)C[C@@H]23)C1(C)C. The first-order valence-corrected chi connectivity index (χ1v) is 13.6. The summed E-state index contributed by atoms with van der Waals surface area (Å²) in [5.74, 6) is 0.946. The lowest BCUT2D eigenvalue weighted by Crippen LogP contribution is -2.58. The molecule has 0 aliphatic heterocycles. The van der Waals surface area contributed by atoms with Crippen LogP contribution in [0, 0.1) is 28.1 Å². The molecule has 0 aromatic rings. The first kappa shape index (κ1) is 27.7. The number of rotatable bonds is 6. The summed E-state index contributed by atoms with van der Waals surface area (Å²) in [5, 5.41) is 0. The Morgan fingerprint density at radius 1 is 1.00 bits per heavy atom. The number of hydrogen-bond donors (Lipinski definition) is 0. The largest absolute Gasteiger partial charge is 0.462 e. The summed E-state index contributed by atoms with van der Waals surface area (Å²) in [6.07, 6.45) is 15.5. The van der Waals surface area contributed by atoms with E-state index in [1.165, 1.54) is 18.1 Å². The van der Waals surface area contributed by atoms with Crippen LogP contribution in [-0.4, -0.2) is 17.9 Å². The second kappa shape index (κ2) is 10.2. The van der Waals surface area contributed by atoms with E-state index in [4.69, 9.17) is 4.74 Å². The average Bonchev–Trinajstić information content (AvgIpc) is 3.01. The number of esters is 1. The maximum Gasteiger partial charge on any atom is 0.302 e. The molecule has 3 heteroatoms. The van der Waals surface area contributed by atoms with Gasteiger partial charge in [0, 0.05) is 29.7 Å². The Morgan fingerprint density at radius 3 is 2.31 bits per heavy atom. The van der Waals surface area contributed by atoms with Crippen LogP contribution in [-0.2, 0) is 14.3 Å². The lowest BCUT2D eigenvalue weighted by atomic mass is 9.43. The van der Waals surface area contributed by atoms with Gasteiger partial charge in [-0.1, -0.05) is 63.1 Å². The van der Waals surface area contributed by atoms with E-state index < -0.39 is 0 Å². The molecule has 3 fully saturated rings. The van der Waals surface area contributed by atoms with Gasteiger partial charge in [-0.2, -0.15) is 0 Å². The monoisotopic (exact) mass is 480 g/mol. The zero-order valence-electron chi connectivity index (χ0n) is 23.7. The minimum atomic E-state index is -0.183. The summed E-state index contributed by atoms with van der Waals surface area (Å²) in [6.45, 7) is 19.4.